The average Bonchev–Trinajstić information content (AvgIpc) is 2.17. The number of nitrogens with two attached hydrogens (primary N) is 1. The molecule has 1 aliphatic rings. The lowest BCUT2D eigenvalue weighted by Gasteiger charge is -2.14. The van der Waals surface area contributed by atoms with Crippen LogP contribution in [0.15, 0.2) is 24.3 Å². The van der Waals surface area contributed by atoms with E-state index in [4.69, 9.17) is 19.7 Å². The van der Waals surface area contributed by atoms with Crippen LogP contribution in [0.2, 0.25) is 0 Å². The standard InChI is InChI=1S/C8H8O2.CH3NO2/c1-2-4-8-7(3-1)5-6-9-10-8;2-1(3)4/h1-4H,5-6H2;2H2,(H,3,4). The molecule has 5 nitrogen and oxygen atoms in total. The predicted octanol–water partition coefficient (Wildman–Crippen LogP) is 1.18. The molecule has 1 heterocycles. The van der Waals surface area contributed by atoms with E-state index < -0.39 is 6.09 Å². The summed E-state index contributed by atoms with van der Waals surface area (Å²) in [6.07, 6.45) is -0.379. The van der Waals surface area contributed by atoms with Crippen LogP contribution in [0.5, 0.6) is 5.75 Å². The second-order valence-electron chi connectivity index (χ2n) is 2.60. The maximum atomic E-state index is 8.78. The van der Waals surface area contributed by atoms with Crippen LogP contribution in [0, 0.1) is 0 Å². The molecule has 1 aliphatic heterocycles. The highest BCUT2D eigenvalue weighted by Crippen LogP contribution is 2.21. The number of primary amides is 1. The number of benzene rings is 1. The van der Waals surface area contributed by atoms with Gasteiger partial charge in [-0.1, -0.05) is 18.2 Å². The van der Waals surface area contributed by atoms with E-state index in [-0.39, 0.29) is 0 Å². The summed E-state index contributed by atoms with van der Waals surface area (Å²) >= 11 is 0. The molecule has 0 bridgehead atoms. The van der Waals surface area contributed by atoms with Gasteiger partial charge in [-0.25, -0.2) is 4.79 Å². The second-order valence-corrected chi connectivity index (χ2v) is 2.60. The first-order valence-corrected chi connectivity index (χ1v) is 4.06. The molecular weight excluding hydrogens is 186 g/mol. The summed E-state index contributed by atoms with van der Waals surface area (Å²) in [6.45, 7) is 0.664. The monoisotopic (exact) mass is 197 g/mol. The van der Waals surface area contributed by atoms with E-state index in [9.17, 15) is 0 Å². The van der Waals surface area contributed by atoms with Crippen LogP contribution in [0.1, 0.15) is 5.56 Å². The fraction of sp³-hybridized carbons (Fsp3) is 0.222. The first-order valence-electron chi connectivity index (χ1n) is 4.06. The number of hydrogen-bond donors (Lipinski definition) is 2. The Balaban J connectivity index is 0.000000213. The van der Waals surface area contributed by atoms with Gasteiger partial charge in [0, 0.05) is 12.0 Å². The minimum atomic E-state index is -1.33. The summed E-state index contributed by atoms with van der Waals surface area (Å²) < 4.78 is 0. The molecule has 0 unspecified atom stereocenters. The van der Waals surface area contributed by atoms with E-state index in [0.29, 0.717) is 6.61 Å². The molecule has 2 rings (SSSR count). The maximum absolute atomic E-state index is 8.78. The molecule has 1 aromatic carbocycles. The quantitative estimate of drug-likeness (QED) is 0.612. The van der Waals surface area contributed by atoms with Gasteiger partial charge >= 0.3 is 6.09 Å². The Hall–Kier alpha value is -1.75. The van der Waals surface area contributed by atoms with Crippen molar-refractivity contribution in [3.05, 3.63) is 29.8 Å². The van der Waals surface area contributed by atoms with E-state index in [0.717, 1.165) is 12.2 Å². The minimum absolute atomic E-state index is 0.664. The lowest BCUT2D eigenvalue weighted by molar-refractivity contribution is -0.215. The molecule has 0 spiro atoms. The third-order valence-electron chi connectivity index (χ3n) is 1.58. The third-order valence-corrected chi connectivity index (χ3v) is 1.58. The van der Waals surface area contributed by atoms with E-state index in [1.165, 1.54) is 5.56 Å². The lowest BCUT2D eigenvalue weighted by Crippen LogP contribution is -2.10. The van der Waals surface area contributed by atoms with Crippen molar-refractivity contribution in [1.29, 1.82) is 0 Å². The van der Waals surface area contributed by atoms with Gasteiger partial charge in [0.05, 0.1) is 6.61 Å². The van der Waals surface area contributed by atoms with Crippen molar-refractivity contribution in [2.24, 2.45) is 5.73 Å². The number of carboxylic acid groups (broad SMARTS) is 1. The van der Waals surface area contributed by atoms with Crippen LogP contribution in [0.4, 0.5) is 4.79 Å². The predicted molar refractivity (Wildman–Crippen MR) is 48.9 cm³/mol. The van der Waals surface area contributed by atoms with Crippen molar-refractivity contribution < 1.29 is 19.7 Å². The Bertz CT molecular complexity index is 284. The van der Waals surface area contributed by atoms with Gasteiger partial charge in [0.2, 0.25) is 0 Å². The summed E-state index contributed by atoms with van der Waals surface area (Å²) in [6, 6.07) is 7.91. The number of para-hydroxylation sites is 1. The van der Waals surface area contributed by atoms with E-state index in [2.05, 4.69) is 11.8 Å². The first kappa shape index (κ1) is 10.3. The summed E-state index contributed by atoms with van der Waals surface area (Å²) in [5.41, 5.74) is 5.26. The number of amides is 1. The fourth-order valence-corrected chi connectivity index (χ4v) is 1.05. The van der Waals surface area contributed by atoms with Crippen molar-refractivity contribution in [3.8, 4) is 5.75 Å². The first-order chi connectivity index (χ1) is 6.70. The molecule has 0 atom stereocenters. The van der Waals surface area contributed by atoms with Crippen LogP contribution in [-0.4, -0.2) is 17.8 Å². The fourth-order valence-electron chi connectivity index (χ4n) is 1.05. The largest absolute Gasteiger partial charge is 0.465 e. The zero-order valence-corrected chi connectivity index (χ0v) is 7.47. The van der Waals surface area contributed by atoms with Gasteiger partial charge in [0.25, 0.3) is 0 Å². The molecule has 3 N–H and O–H groups in total. The van der Waals surface area contributed by atoms with Crippen molar-refractivity contribution in [2.45, 2.75) is 6.42 Å². The van der Waals surface area contributed by atoms with E-state index in [1.807, 2.05) is 18.2 Å². The molecule has 0 fully saturated rings. The summed E-state index contributed by atoms with van der Waals surface area (Å²) in [7, 11) is 0. The number of rotatable bonds is 0. The second kappa shape index (κ2) is 5.08. The van der Waals surface area contributed by atoms with Gasteiger partial charge in [0.15, 0.2) is 5.75 Å². The average molecular weight is 197 g/mol. The van der Waals surface area contributed by atoms with Crippen molar-refractivity contribution in [3.63, 3.8) is 0 Å². The molecular formula is C9H11NO4. The van der Waals surface area contributed by atoms with Gasteiger partial charge in [-0.05, 0) is 6.07 Å². The van der Waals surface area contributed by atoms with Gasteiger partial charge in [-0.2, -0.15) is 4.89 Å². The van der Waals surface area contributed by atoms with E-state index in [1.54, 1.807) is 0 Å². The molecule has 0 saturated heterocycles. The molecule has 14 heavy (non-hydrogen) atoms. The van der Waals surface area contributed by atoms with Gasteiger partial charge < -0.3 is 15.7 Å². The van der Waals surface area contributed by atoms with Crippen LogP contribution < -0.4 is 10.6 Å². The van der Waals surface area contributed by atoms with Crippen LogP contribution in [-0.2, 0) is 11.3 Å². The highest BCUT2D eigenvalue weighted by Gasteiger charge is 2.08. The molecule has 1 aromatic rings. The Morgan fingerprint density at radius 2 is 2.07 bits per heavy atom. The molecule has 0 aromatic heterocycles. The lowest BCUT2D eigenvalue weighted by atomic mass is 10.1. The normalized spacial score (nSPS) is 12.9. The Morgan fingerprint density at radius 1 is 1.43 bits per heavy atom. The molecule has 1 amide bonds. The summed E-state index contributed by atoms with van der Waals surface area (Å²) in [5, 5.41) is 7.19. The maximum Gasteiger partial charge on any atom is 0.402 e. The van der Waals surface area contributed by atoms with Crippen LogP contribution in [0.25, 0.3) is 0 Å². The highest BCUT2D eigenvalue weighted by atomic mass is 17.2. The number of fused-ring (bicyclic) bond motifs is 1. The molecule has 0 saturated carbocycles. The summed E-state index contributed by atoms with van der Waals surface area (Å²) in [4.78, 5) is 18.5. The van der Waals surface area contributed by atoms with Crippen molar-refractivity contribution in [2.75, 3.05) is 6.61 Å². The SMILES string of the molecule is NC(=O)O.c1ccc2c(c1)CCOO2. The van der Waals surface area contributed by atoms with Gasteiger partial charge in [0.1, 0.15) is 0 Å². The van der Waals surface area contributed by atoms with Gasteiger partial charge in [-0.15, -0.1) is 0 Å². The Morgan fingerprint density at radius 3 is 2.71 bits per heavy atom. The Labute approximate surface area is 81.0 Å². The minimum Gasteiger partial charge on any atom is -0.465 e. The number of carbonyl (C=O) groups is 1. The van der Waals surface area contributed by atoms with Crippen molar-refractivity contribution in [1.82, 2.24) is 0 Å². The topological polar surface area (TPSA) is 81.8 Å². The third kappa shape index (κ3) is 3.32. The zero-order valence-electron chi connectivity index (χ0n) is 7.47. The highest BCUT2D eigenvalue weighted by molar-refractivity contribution is 5.61. The number of hydrogen-bond acceptors (Lipinski definition) is 3. The molecule has 5 heteroatoms. The summed E-state index contributed by atoms with van der Waals surface area (Å²) in [5.74, 6) is 0.855. The molecule has 76 valence electrons. The Kier molecular flexibility index (Phi) is 3.75. The molecule has 0 aliphatic carbocycles. The zero-order chi connectivity index (χ0) is 10.4. The molecule has 0 radical (unpaired) electrons. The van der Waals surface area contributed by atoms with Crippen LogP contribution >= 0.6 is 0 Å². The van der Waals surface area contributed by atoms with Gasteiger partial charge in [-0.3, -0.25) is 0 Å². The smallest absolute Gasteiger partial charge is 0.402 e. The van der Waals surface area contributed by atoms with E-state index >= 15 is 0 Å². The van der Waals surface area contributed by atoms with Crippen molar-refractivity contribution >= 4 is 6.09 Å². The van der Waals surface area contributed by atoms with Crippen LogP contribution in [0.3, 0.4) is 0 Å².